The molecule has 0 atom stereocenters. The number of hydrogen-bond acceptors (Lipinski definition) is 4. The van der Waals surface area contributed by atoms with E-state index in [4.69, 9.17) is 4.74 Å². The summed E-state index contributed by atoms with van der Waals surface area (Å²) in [6.45, 7) is 2.37. The lowest BCUT2D eigenvalue weighted by Gasteiger charge is -2.08. The van der Waals surface area contributed by atoms with Crippen LogP contribution < -0.4 is 10.6 Å². The van der Waals surface area contributed by atoms with Gasteiger partial charge in [0, 0.05) is 12.1 Å². The fraction of sp³-hybridized carbons (Fsp3) is 0.200. The Labute approximate surface area is 122 Å². The van der Waals surface area contributed by atoms with E-state index in [0.717, 1.165) is 0 Å². The predicted molar refractivity (Wildman–Crippen MR) is 78.6 cm³/mol. The van der Waals surface area contributed by atoms with Gasteiger partial charge in [0.25, 0.3) is 0 Å². The van der Waals surface area contributed by atoms with Gasteiger partial charge >= 0.3 is 6.09 Å². The van der Waals surface area contributed by atoms with Crippen LogP contribution in [0.2, 0.25) is 0 Å². The molecule has 2 N–H and O–H groups in total. The zero-order valence-electron chi connectivity index (χ0n) is 11.6. The van der Waals surface area contributed by atoms with Gasteiger partial charge in [-0.15, -0.1) is 0 Å². The predicted octanol–water partition coefficient (Wildman–Crippen LogP) is 3.40. The van der Waals surface area contributed by atoms with Crippen LogP contribution in [-0.2, 0) is 11.3 Å². The summed E-state index contributed by atoms with van der Waals surface area (Å²) in [4.78, 5) is 15.4. The maximum absolute atomic E-state index is 13.5. The van der Waals surface area contributed by atoms with Gasteiger partial charge in [-0.25, -0.2) is 14.2 Å². The second-order valence-electron chi connectivity index (χ2n) is 4.22. The van der Waals surface area contributed by atoms with E-state index >= 15 is 0 Å². The Morgan fingerprint density at radius 1 is 1.29 bits per heavy atom. The molecule has 0 aliphatic heterocycles. The zero-order chi connectivity index (χ0) is 15.1. The van der Waals surface area contributed by atoms with E-state index in [0.29, 0.717) is 30.2 Å². The average molecular weight is 289 g/mol. The van der Waals surface area contributed by atoms with Crippen LogP contribution in [0.4, 0.5) is 20.7 Å². The summed E-state index contributed by atoms with van der Waals surface area (Å²) in [5, 5.41) is 5.55. The van der Waals surface area contributed by atoms with E-state index in [-0.39, 0.29) is 5.82 Å². The summed E-state index contributed by atoms with van der Waals surface area (Å²) >= 11 is 0. The van der Waals surface area contributed by atoms with Crippen LogP contribution in [0.5, 0.6) is 0 Å². The molecule has 1 aromatic carbocycles. The highest BCUT2D eigenvalue weighted by atomic mass is 19.1. The largest absolute Gasteiger partial charge is 0.450 e. The number of benzene rings is 1. The molecule has 0 aliphatic rings. The third kappa shape index (κ3) is 4.45. The van der Waals surface area contributed by atoms with Crippen molar-refractivity contribution in [3.05, 3.63) is 54.0 Å². The standard InChI is InChI=1S/C15H16FN3O2/c1-2-21-15(20)19-12-7-8-14(18-10-12)17-9-11-5-3-4-6-13(11)16/h3-8,10H,2,9H2,1H3,(H,17,18)(H,19,20). The van der Waals surface area contributed by atoms with Crippen LogP contribution in [0.25, 0.3) is 0 Å². The molecule has 110 valence electrons. The van der Waals surface area contributed by atoms with Crippen LogP contribution in [0.15, 0.2) is 42.6 Å². The van der Waals surface area contributed by atoms with E-state index in [9.17, 15) is 9.18 Å². The van der Waals surface area contributed by atoms with Gasteiger partial charge in [-0.1, -0.05) is 18.2 Å². The van der Waals surface area contributed by atoms with E-state index in [1.54, 1.807) is 37.3 Å². The van der Waals surface area contributed by atoms with Crippen molar-refractivity contribution in [1.82, 2.24) is 4.98 Å². The number of ether oxygens (including phenoxy) is 1. The fourth-order valence-corrected chi connectivity index (χ4v) is 1.68. The molecule has 2 aromatic rings. The molecule has 0 saturated carbocycles. The summed E-state index contributed by atoms with van der Waals surface area (Å²) in [6.07, 6.45) is 0.979. The number of hydrogen-bond donors (Lipinski definition) is 2. The molecule has 0 radical (unpaired) electrons. The van der Waals surface area contributed by atoms with E-state index in [1.807, 2.05) is 0 Å². The van der Waals surface area contributed by atoms with E-state index in [2.05, 4.69) is 15.6 Å². The molecular weight excluding hydrogens is 273 g/mol. The molecule has 5 nitrogen and oxygen atoms in total. The molecule has 1 heterocycles. The summed E-state index contributed by atoms with van der Waals surface area (Å²) in [7, 11) is 0. The van der Waals surface area contributed by atoms with Gasteiger partial charge in [-0.05, 0) is 25.1 Å². The molecule has 0 unspecified atom stereocenters. The lowest BCUT2D eigenvalue weighted by molar-refractivity contribution is 0.168. The number of rotatable bonds is 5. The maximum atomic E-state index is 13.5. The molecule has 2 rings (SSSR count). The topological polar surface area (TPSA) is 63.2 Å². The molecule has 1 aromatic heterocycles. The van der Waals surface area contributed by atoms with Crippen LogP contribution in [-0.4, -0.2) is 17.7 Å². The van der Waals surface area contributed by atoms with Gasteiger partial charge in [0.2, 0.25) is 0 Å². The number of halogens is 1. The number of carbonyl (C=O) groups excluding carboxylic acids is 1. The summed E-state index contributed by atoms with van der Waals surface area (Å²) in [6, 6.07) is 9.93. The highest BCUT2D eigenvalue weighted by Gasteiger charge is 2.03. The molecule has 0 saturated heterocycles. The summed E-state index contributed by atoms with van der Waals surface area (Å²) < 4.78 is 18.2. The van der Waals surface area contributed by atoms with Gasteiger partial charge < -0.3 is 10.1 Å². The molecule has 0 fully saturated rings. The first kappa shape index (κ1) is 14.8. The summed E-state index contributed by atoms with van der Waals surface area (Å²) in [5.74, 6) is 0.332. The fourth-order valence-electron chi connectivity index (χ4n) is 1.68. The first-order valence-corrected chi connectivity index (χ1v) is 6.56. The second-order valence-corrected chi connectivity index (χ2v) is 4.22. The van der Waals surface area contributed by atoms with Crippen molar-refractivity contribution in [3.8, 4) is 0 Å². The molecule has 21 heavy (non-hydrogen) atoms. The Kier molecular flexibility index (Phi) is 5.09. The molecule has 0 aliphatic carbocycles. The van der Waals surface area contributed by atoms with Gasteiger partial charge in [0.05, 0.1) is 18.5 Å². The first-order valence-electron chi connectivity index (χ1n) is 6.56. The first-order chi connectivity index (χ1) is 10.2. The van der Waals surface area contributed by atoms with E-state index < -0.39 is 6.09 Å². The van der Waals surface area contributed by atoms with Crippen molar-refractivity contribution < 1.29 is 13.9 Å². The van der Waals surface area contributed by atoms with Gasteiger partial charge in [0.15, 0.2) is 0 Å². The number of amides is 1. The van der Waals surface area contributed by atoms with Crippen LogP contribution in [0.1, 0.15) is 12.5 Å². The quantitative estimate of drug-likeness (QED) is 0.885. The van der Waals surface area contributed by atoms with Crippen molar-refractivity contribution >= 4 is 17.6 Å². The normalized spacial score (nSPS) is 10.0. The molecule has 0 spiro atoms. The lowest BCUT2D eigenvalue weighted by Crippen LogP contribution is -2.13. The van der Waals surface area contributed by atoms with E-state index in [1.165, 1.54) is 12.3 Å². The lowest BCUT2D eigenvalue weighted by atomic mass is 10.2. The van der Waals surface area contributed by atoms with Crippen LogP contribution in [0, 0.1) is 5.82 Å². The number of nitrogens with zero attached hydrogens (tertiary/aromatic N) is 1. The Balaban J connectivity index is 1.91. The second kappa shape index (κ2) is 7.23. The van der Waals surface area contributed by atoms with Crippen molar-refractivity contribution in [2.24, 2.45) is 0 Å². The average Bonchev–Trinajstić information content (AvgIpc) is 2.48. The third-order valence-corrected chi connectivity index (χ3v) is 2.70. The third-order valence-electron chi connectivity index (χ3n) is 2.70. The van der Waals surface area contributed by atoms with Gasteiger partial charge in [-0.3, -0.25) is 5.32 Å². The Bertz CT molecular complexity index is 602. The Hall–Kier alpha value is -2.63. The number of carbonyl (C=O) groups is 1. The number of pyridine rings is 1. The number of anilines is 2. The molecule has 6 heteroatoms. The van der Waals surface area contributed by atoms with Crippen molar-refractivity contribution in [3.63, 3.8) is 0 Å². The molecular formula is C15H16FN3O2. The minimum absolute atomic E-state index is 0.259. The summed E-state index contributed by atoms with van der Waals surface area (Å²) in [5.41, 5.74) is 1.10. The monoisotopic (exact) mass is 289 g/mol. The smallest absolute Gasteiger partial charge is 0.411 e. The molecule has 1 amide bonds. The van der Waals surface area contributed by atoms with Crippen molar-refractivity contribution in [2.45, 2.75) is 13.5 Å². The van der Waals surface area contributed by atoms with Gasteiger partial charge in [0.1, 0.15) is 11.6 Å². The SMILES string of the molecule is CCOC(=O)Nc1ccc(NCc2ccccc2F)nc1. The van der Waals surface area contributed by atoms with Crippen molar-refractivity contribution in [1.29, 1.82) is 0 Å². The van der Waals surface area contributed by atoms with Crippen LogP contribution in [0.3, 0.4) is 0 Å². The highest BCUT2D eigenvalue weighted by Crippen LogP contribution is 2.12. The minimum Gasteiger partial charge on any atom is -0.450 e. The minimum atomic E-state index is -0.522. The number of nitrogens with one attached hydrogen (secondary N) is 2. The molecule has 0 bridgehead atoms. The highest BCUT2D eigenvalue weighted by molar-refractivity contribution is 5.84. The van der Waals surface area contributed by atoms with Gasteiger partial charge in [-0.2, -0.15) is 0 Å². The maximum Gasteiger partial charge on any atom is 0.411 e. The van der Waals surface area contributed by atoms with Crippen LogP contribution >= 0.6 is 0 Å². The van der Waals surface area contributed by atoms with Crippen molar-refractivity contribution in [2.75, 3.05) is 17.2 Å². The Morgan fingerprint density at radius 3 is 2.76 bits per heavy atom. The number of aromatic nitrogens is 1. The Morgan fingerprint density at radius 2 is 2.10 bits per heavy atom. The zero-order valence-corrected chi connectivity index (χ0v) is 11.6.